The fourth-order valence-corrected chi connectivity index (χ4v) is 2.47. The van der Waals surface area contributed by atoms with E-state index in [0.29, 0.717) is 0 Å². The van der Waals surface area contributed by atoms with E-state index in [0.717, 1.165) is 31.1 Å². The second-order valence-corrected chi connectivity index (χ2v) is 5.20. The van der Waals surface area contributed by atoms with Crippen LogP contribution in [0.2, 0.25) is 0 Å². The maximum absolute atomic E-state index is 5.53. The fraction of sp³-hybridized carbons (Fsp3) is 0.647. The van der Waals surface area contributed by atoms with Crippen LogP contribution in [0.4, 0.5) is 0 Å². The van der Waals surface area contributed by atoms with Crippen molar-refractivity contribution in [3.8, 4) is 11.5 Å². The van der Waals surface area contributed by atoms with Crippen molar-refractivity contribution in [2.24, 2.45) is 0 Å². The predicted octanol–water partition coefficient (Wildman–Crippen LogP) is 3.09. The van der Waals surface area contributed by atoms with Crippen LogP contribution < -0.4 is 14.8 Å². The standard InChI is InChI=1S/C17H30N2O2/c1-6-8-11-19(7-2)13-16(18-3)15-10-9-14(20-4)12-17(15)21-5/h9-10,12,16,18H,6-8,11,13H2,1-5H3. The summed E-state index contributed by atoms with van der Waals surface area (Å²) in [6.07, 6.45) is 2.47. The lowest BCUT2D eigenvalue weighted by molar-refractivity contribution is 0.252. The summed E-state index contributed by atoms with van der Waals surface area (Å²) in [5, 5.41) is 3.41. The third-order valence-electron chi connectivity index (χ3n) is 3.88. The van der Waals surface area contributed by atoms with Crippen molar-refractivity contribution in [1.82, 2.24) is 10.2 Å². The highest BCUT2D eigenvalue weighted by atomic mass is 16.5. The molecule has 0 fully saturated rings. The van der Waals surface area contributed by atoms with E-state index in [4.69, 9.17) is 9.47 Å². The van der Waals surface area contributed by atoms with Crippen molar-refractivity contribution < 1.29 is 9.47 Å². The van der Waals surface area contributed by atoms with Gasteiger partial charge >= 0.3 is 0 Å². The monoisotopic (exact) mass is 294 g/mol. The van der Waals surface area contributed by atoms with Crippen molar-refractivity contribution in [1.29, 1.82) is 0 Å². The number of nitrogens with one attached hydrogen (secondary N) is 1. The highest BCUT2D eigenvalue weighted by Gasteiger charge is 2.18. The largest absolute Gasteiger partial charge is 0.497 e. The Balaban J connectivity index is 2.87. The van der Waals surface area contributed by atoms with Crippen molar-refractivity contribution in [3.63, 3.8) is 0 Å². The molecule has 0 spiro atoms. The number of hydrogen-bond acceptors (Lipinski definition) is 4. The summed E-state index contributed by atoms with van der Waals surface area (Å²) < 4.78 is 10.8. The van der Waals surface area contributed by atoms with Crippen LogP contribution in [0.1, 0.15) is 38.3 Å². The lowest BCUT2D eigenvalue weighted by atomic mass is 10.0. The van der Waals surface area contributed by atoms with Crippen LogP contribution in [0.5, 0.6) is 11.5 Å². The first kappa shape index (κ1) is 17.8. The van der Waals surface area contributed by atoms with Gasteiger partial charge in [0.05, 0.1) is 14.2 Å². The van der Waals surface area contributed by atoms with E-state index in [1.807, 2.05) is 19.2 Å². The number of unbranched alkanes of at least 4 members (excludes halogenated alkanes) is 1. The molecule has 1 rings (SSSR count). The molecular weight excluding hydrogens is 264 g/mol. The molecule has 1 unspecified atom stereocenters. The van der Waals surface area contributed by atoms with E-state index < -0.39 is 0 Å². The van der Waals surface area contributed by atoms with Gasteiger partial charge in [-0.3, -0.25) is 0 Å². The third-order valence-corrected chi connectivity index (χ3v) is 3.88. The summed E-state index contributed by atoms with van der Waals surface area (Å²) in [5.74, 6) is 1.70. The van der Waals surface area contributed by atoms with Gasteiger partial charge in [0.25, 0.3) is 0 Å². The Morgan fingerprint density at radius 2 is 1.95 bits per heavy atom. The van der Waals surface area contributed by atoms with Gasteiger partial charge in [-0.05, 0) is 32.6 Å². The summed E-state index contributed by atoms with van der Waals surface area (Å²) in [5.41, 5.74) is 1.18. The molecule has 0 radical (unpaired) electrons. The van der Waals surface area contributed by atoms with Crippen LogP contribution >= 0.6 is 0 Å². The van der Waals surface area contributed by atoms with Crippen molar-refractivity contribution in [3.05, 3.63) is 23.8 Å². The molecular formula is C17H30N2O2. The Kier molecular flexibility index (Phi) is 8.16. The minimum absolute atomic E-state index is 0.252. The average Bonchev–Trinajstić information content (AvgIpc) is 2.54. The van der Waals surface area contributed by atoms with Gasteiger partial charge in [-0.25, -0.2) is 0 Å². The van der Waals surface area contributed by atoms with Gasteiger partial charge in [0, 0.05) is 24.2 Å². The molecule has 4 nitrogen and oxygen atoms in total. The van der Waals surface area contributed by atoms with Crippen molar-refractivity contribution in [2.45, 2.75) is 32.7 Å². The van der Waals surface area contributed by atoms with Gasteiger partial charge in [-0.2, -0.15) is 0 Å². The molecule has 0 saturated heterocycles. The molecule has 0 aromatic heterocycles. The Bertz CT molecular complexity index is 410. The molecule has 1 N–H and O–H groups in total. The van der Waals surface area contributed by atoms with E-state index in [9.17, 15) is 0 Å². The van der Waals surface area contributed by atoms with Crippen LogP contribution in [0.15, 0.2) is 18.2 Å². The number of nitrogens with zero attached hydrogens (tertiary/aromatic N) is 1. The number of rotatable bonds is 10. The first-order valence-corrected chi connectivity index (χ1v) is 7.81. The zero-order chi connectivity index (χ0) is 15.7. The average molecular weight is 294 g/mol. The highest BCUT2D eigenvalue weighted by Crippen LogP contribution is 2.29. The number of ether oxygens (including phenoxy) is 2. The summed E-state index contributed by atoms with van der Waals surface area (Å²) >= 11 is 0. The maximum Gasteiger partial charge on any atom is 0.127 e. The molecule has 1 atom stereocenters. The molecule has 4 heteroatoms. The van der Waals surface area contributed by atoms with E-state index in [1.54, 1.807) is 14.2 Å². The van der Waals surface area contributed by atoms with E-state index >= 15 is 0 Å². The number of likely N-dealkylation sites (N-methyl/N-ethyl adjacent to an activating group) is 2. The van der Waals surface area contributed by atoms with Gasteiger partial charge in [0.2, 0.25) is 0 Å². The maximum atomic E-state index is 5.53. The topological polar surface area (TPSA) is 33.7 Å². The first-order chi connectivity index (χ1) is 10.2. The van der Waals surface area contributed by atoms with Gasteiger partial charge in [0.15, 0.2) is 0 Å². The smallest absolute Gasteiger partial charge is 0.127 e. The fourth-order valence-electron chi connectivity index (χ4n) is 2.47. The Morgan fingerprint density at radius 1 is 1.19 bits per heavy atom. The number of methoxy groups -OCH3 is 2. The molecule has 0 saturated carbocycles. The van der Waals surface area contributed by atoms with Crippen molar-refractivity contribution >= 4 is 0 Å². The van der Waals surface area contributed by atoms with Crippen LogP contribution in [0.25, 0.3) is 0 Å². The minimum atomic E-state index is 0.252. The summed E-state index contributed by atoms with van der Waals surface area (Å²) in [4.78, 5) is 2.48. The van der Waals surface area contributed by atoms with E-state index in [1.165, 1.54) is 18.4 Å². The van der Waals surface area contributed by atoms with E-state index in [2.05, 4.69) is 30.1 Å². The minimum Gasteiger partial charge on any atom is -0.497 e. The van der Waals surface area contributed by atoms with Crippen LogP contribution in [0.3, 0.4) is 0 Å². The normalized spacial score (nSPS) is 12.5. The van der Waals surface area contributed by atoms with E-state index in [-0.39, 0.29) is 6.04 Å². The first-order valence-electron chi connectivity index (χ1n) is 7.81. The van der Waals surface area contributed by atoms with Gasteiger partial charge in [-0.1, -0.05) is 26.3 Å². The molecule has 0 amide bonds. The summed E-state index contributed by atoms with van der Waals surface area (Å²) in [6.45, 7) is 7.64. The number of benzene rings is 1. The highest BCUT2D eigenvalue weighted by molar-refractivity contribution is 5.42. The van der Waals surface area contributed by atoms with Gasteiger partial charge in [0.1, 0.15) is 11.5 Å². The molecule has 0 bridgehead atoms. The Labute approximate surface area is 129 Å². The molecule has 0 aliphatic carbocycles. The van der Waals surface area contributed by atoms with Gasteiger partial charge < -0.3 is 19.7 Å². The van der Waals surface area contributed by atoms with Crippen molar-refractivity contribution in [2.75, 3.05) is 40.9 Å². The lowest BCUT2D eigenvalue weighted by Crippen LogP contribution is -2.34. The molecule has 0 aliphatic rings. The predicted molar refractivity (Wildman–Crippen MR) is 88.4 cm³/mol. The molecule has 0 aliphatic heterocycles. The lowest BCUT2D eigenvalue weighted by Gasteiger charge is -2.27. The number of hydrogen-bond donors (Lipinski definition) is 1. The zero-order valence-corrected chi connectivity index (χ0v) is 14.1. The summed E-state index contributed by atoms with van der Waals surface area (Å²) in [7, 11) is 5.38. The second kappa shape index (κ2) is 9.64. The summed E-state index contributed by atoms with van der Waals surface area (Å²) in [6, 6.07) is 6.28. The molecule has 120 valence electrons. The second-order valence-electron chi connectivity index (χ2n) is 5.20. The van der Waals surface area contributed by atoms with Crippen LogP contribution in [-0.4, -0.2) is 45.8 Å². The zero-order valence-electron chi connectivity index (χ0n) is 14.1. The molecule has 0 heterocycles. The third kappa shape index (κ3) is 5.21. The van der Waals surface area contributed by atoms with Crippen LogP contribution in [0, 0.1) is 0 Å². The van der Waals surface area contributed by atoms with Gasteiger partial charge in [-0.15, -0.1) is 0 Å². The Morgan fingerprint density at radius 3 is 2.48 bits per heavy atom. The Hall–Kier alpha value is -1.26. The quantitative estimate of drug-likeness (QED) is 0.719. The molecule has 1 aromatic carbocycles. The molecule has 21 heavy (non-hydrogen) atoms. The van der Waals surface area contributed by atoms with Crippen LogP contribution in [-0.2, 0) is 0 Å². The molecule has 1 aromatic rings. The SMILES string of the molecule is CCCCN(CC)CC(NC)c1ccc(OC)cc1OC.